The number of hydrogen-bond donors (Lipinski definition) is 1. The van der Waals surface area contributed by atoms with E-state index in [1.165, 1.54) is 7.05 Å². The lowest BCUT2D eigenvalue weighted by molar-refractivity contribution is -0.212. The number of likely N-dealkylation sites (N-methyl/N-ethyl adjacent to an activating group) is 1. The van der Waals surface area contributed by atoms with Gasteiger partial charge in [0.15, 0.2) is 6.23 Å². The minimum atomic E-state index is -5.15. The number of rotatable bonds is 1. The number of ether oxygens (including phenoxy) is 1. The molecule has 0 aliphatic carbocycles. The average molecular weight is 281 g/mol. The highest BCUT2D eigenvalue weighted by Crippen LogP contribution is 2.25. The number of amides is 3. The smallest absolute Gasteiger partial charge is 0.433 e. The number of halogens is 3. The number of alkyl halides is 3. The van der Waals surface area contributed by atoms with Crippen molar-refractivity contribution < 1.29 is 32.3 Å². The maximum absolute atomic E-state index is 12.1. The molecule has 2 rings (SSSR count). The van der Waals surface area contributed by atoms with Gasteiger partial charge in [0, 0.05) is 13.6 Å². The van der Waals surface area contributed by atoms with Crippen molar-refractivity contribution >= 4 is 17.9 Å². The molecule has 10 heteroatoms. The Hall–Kier alpha value is -1.84. The Morgan fingerprint density at radius 2 is 2.00 bits per heavy atom. The molecule has 0 bridgehead atoms. The van der Waals surface area contributed by atoms with Gasteiger partial charge in [0.1, 0.15) is 6.04 Å². The molecule has 0 aromatic rings. The fourth-order valence-corrected chi connectivity index (χ4v) is 1.98. The van der Waals surface area contributed by atoms with E-state index in [0.29, 0.717) is 0 Å². The summed E-state index contributed by atoms with van der Waals surface area (Å²) in [7, 11) is 1.21. The summed E-state index contributed by atoms with van der Waals surface area (Å²) in [4.78, 5) is 35.8. The zero-order valence-corrected chi connectivity index (χ0v) is 9.73. The Kier molecular flexibility index (Phi) is 3.12. The summed E-state index contributed by atoms with van der Waals surface area (Å²) in [5.74, 6) is -2.94. The molecule has 7 nitrogen and oxygen atoms in total. The lowest BCUT2D eigenvalue weighted by Crippen LogP contribution is -2.59. The molecule has 2 aliphatic heterocycles. The van der Waals surface area contributed by atoms with Gasteiger partial charge in [-0.2, -0.15) is 13.2 Å². The third-order valence-electron chi connectivity index (χ3n) is 2.90. The van der Waals surface area contributed by atoms with Crippen molar-refractivity contribution in [1.29, 1.82) is 0 Å². The molecule has 2 atom stereocenters. The van der Waals surface area contributed by atoms with E-state index in [9.17, 15) is 27.6 Å². The number of piperazine rings is 1. The van der Waals surface area contributed by atoms with Crippen molar-refractivity contribution in [2.75, 3.05) is 20.1 Å². The van der Waals surface area contributed by atoms with Crippen molar-refractivity contribution in [3.05, 3.63) is 0 Å². The highest BCUT2D eigenvalue weighted by atomic mass is 19.4. The first kappa shape index (κ1) is 13.6. The normalized spacial score (nSPS) is 27.6. The Bertz CT molecular complexity index is 439. The monoisotopic (exact) mass is 281 g/mol. The molecule has 2 fully saturated rings. The molecule has 0 aromatic heterocycles. The topological polar surface area (TPSA) is 79.0 Å². The third kappa shape index (κ3) is 2.23. The van der Waals surface area contributed by atoms with E-state index in [2.05, 4.69) is 10.1 Å². The second-order valence-corrected chi connectivity index (χ2v) is 4.12. The first-order valence-corrected chi connectivity index (χ1v) is 5.32. The van der Waals surface area contributed by atoms with E-state index in [1.807, 2.05) is 0 Å². The number of urea groups is 1. The van der Waals surface area contributed by atoms with Crippen molar-refractivity contribution in [3.63, 3.8) is 0 Å². The van der Waals surface area contributed by atoms with Crippen LogP contribution in [0.2, 0.25) is 0 Å². The van der Waals surface area contributed by atoms with Crippen molar-refractivity contribution in [3.8, 4) is 0 Å². The van der Waals surface area contributed by atoms with Crippen LogP contribution >= 0.6 is 0 Å². The molecular weight excluding hydrogens is 271 g/mol. The summed E-state index contributed by atoms with van der Waals surface area (Å²) in [5, 5.41) is 2.65. The highest BCUT2D eigenvalue weighted by Gasteiger charge is 2.51. The number of hydrogen-bond acceptors (Lipinski definition) is 5. The minimum absolute atomic E-state index is 0.106. The van der Waals surface area contributed by atoms with Crippen LogP contribution in [0.15, 0.2) is 0 Å². The number of carbonyl (C=O) groups is 3. The Morgan fingerprint density at radius 1 is 1.37 bits per heavy atom. The molecule has 2 heterocycles. The van der Waals surface area contributed by atoms with E-state index in [0.717, 1.165) is 9.80 Å². The zero-order valence-electron chi connectivity index (χ0n) is 9.73. The quantitative estimate of drug-likeness (QED) is 0.507. The summed E-state index contributed by atoms with van der Waals surface area (Å²) in [6, 6.07) is -1.73. The van der Waals surface area contributed by atoms with E-state index in [4.69, 9.17) is 0 Å². The van der Waals surface area contributed by atoms with Crippen LogP contribution in [0.1, 0.15) is 0 Å². The fraction of sp³-hybridized carbons (Fsp3) is 0.667. The van der Waals surface area contributed by atoms with Crippen molar-refractivity contribution in [1.82, 2.24) is 15.1 Å². The average Bonchev–Trinajstić information content (AvgIpc) is 2.54. The zero-order chi connectivity index (χ0) is 14.4. The molecule has 2 saturated heterocycles. The van der Waals surface area contributed by atoms with Crippen LogP contribution in [0, 0.1) is 0 Å². The molecule has 2 unspecified atom stereocenters. The summed E-state index contributed by atoms with van der Waals surface area (Å²) < 4.78 is 40.6. The molecule has 106 valence electrons. The number of imide groups is 1. The van der Waals surface area contributed by atoms with Crippen LogP contribution < -0.4 is 5.32 Å². The number of nitrogens with zero attached hydrogens (tertiary/aromatic N) is 2. The fourth-order valence-electron chi connectivity index (χ4n) is 1.98. The molecule has 2 aliphatic rings. The van der Waals surface area contributed by atoms with Gasteiger partial charge in [-0.25, -0.2) is 9.59 Å². The van der Waals surface area contributed by atoms with E-state index in [1.54, 1.807) is 0 Å². The molecule has 0 radical (unpaired) electrons. The van der Waals surface area contributed by atoms with Gasteiger partial charge < -0.3 is 10.1 Å². The lowest BCUT2D eigenvalue weighted by Gasteiger charge is -2.35. The molecule has 19 heavy (non-hydrogen) atoms. The maximum Gasteiger partial charge on any atom is 0.491 e. The Morgan fingerprint density at radius 3 is 2.58 bits per heavy atom. The summed E-state index contributed by atoms with van der Waals surface area (Å²) in [5.41, 5.74) is 0. The number of carbonyl (C=O) groups excluding carboxylic acids is 3. The van der Waals surface area contributed by atoms with E-state index in [-0.39, 0.29) is 13.1 Å². The van der Waals surface area contributed by atoms with Gasteiger partial charge in [-0.15, -0.1) is 0 Å². The molecule has 0 aromatic carbocycles. The van der Waals surface area contributed by atoms with Gasteiger partial charge in [-0.1, -0.05) is 0 Å². The van der Waals surface area contributed by atoms with Gasteiger partial charge in [0.2, 0.25) is 0 Å². The predicted octanol–water partition coefficient (Wildman–Crippen LogP) is -0.716. The molecule has 3 amide bonds. The Balaban J connectivity index is 2.16. The van der Waals surface area contributed by atoms with Crippen molar-refractivity contribution in [2.24, 2.45) is 0 Å². The van der Waals surface area contributed by atoms with Crippen LogP contribution in [0.5, 0.6) is 0 Å². The first-order valence-electron chi connectivity index (χ1n) is 5.32. The molecular formula is C9H10F3N3O4. The van der Waals surface area contributed by atoms with Crippen LogP contribution in [0.3, 0.4) is 0 Å². The standard InChI is InChI=1S/C9H10F3N3O4/c1-14-6(16)4-2-13-3-5(15(4)8(14)18)19-7(17)9(10,11)12/h4-5,13H,2-3H2,1H3. The highest BCUT2D eigenvalue weighted by molar-refractivity contribution is 6.04. The summed E-state index contributed by atoms with van der Waals surface area (Å²) >= 11 is 0. The van der Waals surface area contributed by atoms with Gasteiger partial charge in [0.05, 0.1) is 6.54 Å². The number of esters is 1. The number of fused-ring (bicyclic) bond motifs is 1. The van der Waals surface area contributed by atoms with Gasteiger partial charge in [0.25, 0.3) is 5.91 Å². The third-order valence-corrected chi connectivity index (χ3v) is 2.90. The van der Waals surface area contributed by atoms with E-state index < -0.39 is 36.4 Å². The molecule has 0 saturated carbocycles. The molecule has 0 spiro atoms. The minimum Gasteiger partial charge on any atom is -0.433 e. The second-order valence-electron chi connectivity index (χ2n) is 4.12. The maximum atomic E-state index is 12.1. The summed E-state index contributed by atoms with van der Waals surface area (Å²) in [6.45, 7) is -0.0554. The van der Waals surface area contributed by atoms with Gasteiger partial charge in [-0.3, -0.25) is 14.6 Å². The van der Waals surface area contributed by atoms with Crippen LogP contribution in [-0.2, 0) is 14.3 Å². The van der Waals surface area contributed by atoms with E-state index >= 15 is 0 Å². The van der Waals surface area contributed by atoms with Gasteiger partial charge >= 0.3 is 18.2 Å². The van der Waals surface area contributed by atoms with Crippen molar-refractivity contribution in [2.45, 2.75) is 18.4 Å². The predicted molar refractivity (Wildman–Crippen MR) is 52.6 cm³/mol. The Labute approximate surface area is 105 Å². The van der Waals surface area contributed by atoms with Crippen LogP contribution in [0.4, 0.5) is 18.0 Å². The second kappa shape index (κ2) is 4.37. The molecule has 1 N–H and O–H groups in total. The van der Waals surface area contributed by atoms with Crippen LogP contribution in [-0.4, -0.2) is 66.3 Å². The lowest BCUT2D eigenvalue weighted by atomic mass is 10.2. The number of nitrogens with one attached hydrogen (secondary N) is 1. The van der Waals surface area contributed by atoms with Crippen LogP contribution in [0.25, 0.3) is 0 Å². The first-order chi connectivity index (χ1) is 8.73. The largest absolute Gasteiger partial charge is 0.491 e. The SMILES string of the molecule is CN1C(=O)C2CNCC(OC(=O)C(F)(F)F)N2C1=O. The summed E-state index contributed by atoms with van der Waals surface area (Å²) in [6.07, 6.45) is -6.60. The van der Waals surface area contributed by atoms with Gasteiger partial charge in [-0.05, 0) is 0 Å².